The van der Waals surface area contributed by atoms with Crippen LogP contribution in [0.4, 0.5) is 4.39 Å². The number of hydrogen-bond acceptors (Lipinski definition) is 5. The van der Waals surface area contributed by atoms with E-state index in [-0.39, 0.29) is 11.7 Å². The lowest BCUT2D eigenvalue weighted by Crippen LogP contribution is -2.27. The molecular weight excluding hydrogens is 329 g/mol. The molecule has 0 spiro atoms. The van der Waals surface area contributed by atoms with Crippen LogP contribution < -0.4 is 5.32 Å². The van der Waals surface area contributed by atoms with Gasteiger partial charge in [0.1, 0.15) is 17.2 Å². The maximum Gasteiger partial charge on any atom is 0.230 e. The van der Waals surface area contributed by atoms with Gasteiger partial charge in [-0.25, -0.2) is 19.0 Å². The second-order valence-corrected chi connectivity index (χ2v) is 6.54. The van der Waals surface area contributed by atoms with Crippen molar-refractivity contribution in [2.45, 2.75) is 23.9 Å². The molecule has 122 valence electrons. The summed E-state index contributed by atoms with van der Waals surface area (Å²) in [6, 6.07) is 6.38. The maximum absolute atomic E-state index is 13.1. The van der Waals surface area contributed by atoms with Crippen molar-refractivity contribution < 1.29 is 9.18 Å². The van der Waals surface area contributed by atoms with Crippen LogP contribution in [0.3, 0.4) is 0 Å². The van der Waals surface area contributed by atoms with Gasteiger partial charge in [0.2, 0.25) is 5.91 Å². The molecule has 2 heterocycles. The van der Waals surface area contributed by atoms with Gasteiger partial charge in [0, 0.05) is 6.04 Å². The van der Waals surface area contributed by atoms with Crippen molar-refractivity contribution in [3.05, 3.63) is 42.6 Å². The number of thioether (sulfide) groups is 1. The normalized spacial score (nSPS) is 14.0. The summed E-state index contributed by atoms with van der Waals surface area (Å²) in [5.74, 6) is 0.0209. The quantitative estimate of drug-likeness (QED) is 0.569. The minimum absolute atomic E-state index is 0.0141. The number of benzene rings is 1. The van der Waals surface area contributed by atoms with E-state index in [2.05, 4.69) is 20.4 Å². The van der Waals surface area contributed by atoms with Crippen molar-refractivity contribution >= 4 is 28.7 Å². The van der Waals surface area contributed by atoms with E-state index in [0.717, 1.165) is 18.2 Å². The Kier molecular flexibility index (Phi) is 3.89. The van der Waals surface area contributed by atoms with Gasteiger partial charge in [-0.2, -0.15) is 5.10 Å². The first kappa shape index (κ1) is 15.1. The van der Waals surface area contributed by atoms with Gasteiger partial charge >= 0.3 is 0 Å². The Morgan fingerprint density at radius 1 is 1.29 bits per heavy atom. The van der Waals surface area contributed by atoms with E-state index in [1.165, 1.54) is 30.2 Å². The molecule has 1 aromatic carbocycles. The molecule has 2 aromatic heterocycles. The van der Waals surface area contributed by atoms with Gasteiger partial charge in [0.15, 0.2) is 5.65 Å². The van der Waals surface area contributed by atoms with Gasteiger partial charge in [-0.15, -0.1) is 0 Å². The van der Waals surface area contributed by atoms with Crippen LogP contribution in [-0.4, -0.2) is 37.5 Å². The van der Waals surface area contributed by atoms with Crippen molar-refractivity contribution in [1.82, 2.24) is 25.1 Å². The number of nitrogens with zero attached hydrogens (tertiary/aromatic N) is 4. The van der Waals surface area contributed by atoms with Crippen LogP contribution in [0.5, 0.6) is 0 Å². The minimum Gasteiger partial charge on any atom is -0.353 e. The average molecular weight is 343 g/mol. The van der Waals surface area contributed by atoms with E-state index in [9.17, 15) is 9.18 Å². The third-order valence-corrected chi connectivity index (χ3v) is 4.69. The van der Waals surface area contributed by atoms with Crippen molar-refractivity contribution in [3.8, 4) is 5.69 Å². The molecule has 0 atom stereocenters. The second-order valence-electron chi connectivity index (χ2n) is 5.58. The predicted octanol–water partition coefficient (Wildman–Crippen LogP) is 2.33. The molecule has 1 aliphatic rings. The van der Waals surface area contributed by atoms with E-state index in [1.807, 2.05) is 0 Å². The van der Waals surface area contributed by atoms with Crippen LogP contribution in [0.2, 0.25) is 0 Å². The Balaban J connectivity index is 1.58. The molecule has 0 saturated heterocycles. The first-order valence-corrected chi connectivity index (χ1v) is 8.56. The van der Waals surface area contributed by atoms with E-state index in [0.29, 0.717) is 28.2 Å². The first-order valence-electron chi connectivity index (χ1n) is 7.57. The zero-order chi connectivity index (χ0) is 16.5. The molecule has 0 aliphatic heterocycles. The fourth-order valence-corrected chi connectivity index (χ4v) is 3.11. The summed E-state index contributed by atoms with van der Waals surface area (Å²) in [5, 5.41) is 8.75. The molecule has 0 bridgehead atoms. The maximum atomic E-state index is 13.1. The van der Waals surface area contributed by atoms with Gasteiger partial charge in [0.25, 0.3) is 0 Å². The van der Waals surface area contributed by atoms with Crippen molar-refractivity contribution in [2.24, 2.45) is 0 Å². The Morgan fingerprint density at radius 3 is 2.83 bits per heavy atom. The third kappa shape index (κ3) is 3.09. The molecule has 8 heteroatoms. The highest BCUT2D eigenvalue weighted by atomic mass is 32.2. The molecule has 1 fully saturated rings. The summed E-state index contributed by atoms with van der Waals surface area (Å²) in [6.07, 6.45) is 5.25. The number of rotatable bonds is 5. The summed E-state index contributed by atoms with van der Waals surface area (Å²) >= 11 is 1.36. The van der Waals surface area contributed by atoms with E-state index in [4.69, 9.17) is 0 Å². The summed E-state index contributed by atoms with van der Waals surface area (Å²) in [7, 11) is 0. The molecule has 1 N–H and O–H groups in total. The summed E-state index contributed by atoms with van der Waals surface area (Å²) in [6.45, 7) is 0. The molecule has 24 heavy (non-hydrogen) atoms. The largest absolute Gasteiger partial charge is 0.353 e. The number of fused-ring (bicyclic) bond motifs is 1. The van der Waals surface area contributed by atoms with Crippen LogP contribution in [0.15, 0.2) is 41.8 Å². The lowest BCUT2D eigenvalue weighted by Gasteiger charge is -2.05. The number of nitrogens with one attached hydrogen (secondary N) is 1. The molecular formula is C16H14FN5OS. The van der Waals surface area contributed by atoms with E-state index < -0.39 is 0 Å². The van der Waals surface area contributed by atoms with Crippen molar-refractivity contribution in [1.29, 1.82) is 0 Å². The standard InChI is InChI=1S/C16H14FN5OS/c17-10-1-5-12(6-2-10)22-15-13(7-20-22)16(19-9-18-15)24-8-14(23)21-11-3-4-11/h1-2,5-7,9,11H,3-4,8H2,(H,21,23). The molecule has 0 radical (unpaired) electrons. The van der Waals surface area contributed by atoms with E-state index in [1.54, 1.807) is 23.0 Å². The number of carbonyl (C=O) groups is 1. The lowest BCUT2D eigenvalue weighted by atomic mass is 10.3. The van der Waals surface area contributed by atoms with Crippen molar-refractivity contribution in [3.63, 3.8) is 0 Å². The molecule has 0 unspecified atom stereocenters. The van der Waals surface area contributed by atoms with Gasteiger partial charge < -0.3 is 5.32 Å². The SMILES string of the molecule is O=C(CSc1ncnc2c1cnn2-c1ccc(F)cc1)NC1CC1. The Bertz CT molecular complexity index is 891. The van der Waals surface area contributed by atoms with Crippen LogP contribution in [-0.2, 0) is 4.79 Å². The van der Waals surface area contributed by atoms with Gasteiger partial charge in [-0.3, -0.25) is 4.79 Å². The fourth-order valence-electron chi connectivity index (χ4n) is 2.34. The lowest BCUT2D eigenvalue weighted by molar-refractivity contribution is -0.118. The first-order chi connectivity index (χ1) is 11.7. The summed E-state index contributed by atoms with van der Waals surface area (Å²) < 4.78 is 14.7. The highest BCUT2D eigenvalue weighted by Gasteiger charge is 2.23. The number of halogens is 1. The predicted molar refractivity (Wildman–Crippen MR) is 88.5 cm³/mol. The van der Waals surface area contributed by atoms with Crippen LogP contribution in [0.25, 0.3) is 16.7 Å². The molecule has 3 aromatic rings. The smallest absolute Gasteiger partial charge is 0.230 e. The van der Waals surface area contributed by atoms with Crippen LogP contribution in [0, 0.1) is 5.82 Å². The van der Waals surface area contributed by atoms with Gasteiger partial charge in [0.05, 0.1) is 23.0 Å². The molecule has 1 amide bonds. The van der Waals surface area contributed by atoms with Crippen LogP contribution >= 0.6 is 11.8 Å². The summed E-state index contributed by atoms with van der Waals surface area (Å²) in [4.78, 5) is 20.4. The monoisotopic (exact) mass is 343 g/mol. The van der Waals surface area contributed by atoms with Gasteiger partial charge in [-0.05, 0) is 37.1 Å². The minimum atomic E-state index is -0.303. The van der Waals surface area contributed by atoms with Gasteiger partial charge in [-0.1, -0.05) is 11.8 Å². The number of aromatic nitrogens is 4. The second kappa shape index (κ2) is 6.20. The number of amides is 1. The summed E-state index contributed by atoms with van der Waals surface area (Å²) in [5.41, 5.74) is 1.34. The molecule has 6 nitrogen and oxygen atoms in total. The Hall–Kier alpha value is -2.48. The topological polar surface area (TPSA) is 72.7 Å². The highest BCUT2D eigenvalue weighted by molar-refractivity contribution is 8.00. The Labute approximate surface area is 141 Å². The highest BCUT2D eigenvalue weighted by Crippen LogP contribution is 2.26. The number of carbonyl (C=O) groups excluding carboxylic acids is 1. The average Bonchev–Trinajstić information content (AvgIpc) is 3.29. The van der Waals surface area contributed by atoms with Crippen LogP contribution in [0.1, 0.15) is 12.8 Å². The van der Waals surface area contributed by atoms with E-state index >= 15 is 0 Å². The molecule has 1 saturated carbocycles. The molecule has 1 aliphatic carbocycles. The zero-order valence-corrected chi connectivity index (χ0v) is 13.5. The Morgan fingerprint density at radius 2 is 2.08 bits per heavy atom. The number of hydrogen-bond donors (Lipinski definition) is 1. The zero-order valence-electron chi connectivity index (χ0n) is 12.6. The molecule has 4 rings (SSSR count). The fraction of sp³-hybridized carbons (Fsp3) is 0.250. The third-order valence-electron chi connectivity index (χ3n) is 3.68. The van der Waals surface area contributed by atoms with Crippen molar-refractivity contribution in [2.75, 3.05) is 5.75 Å².